The summed E-state index contributed by atoms with van der Waals surface area (Å²) in [7, 11) is 0. The van der Waals surface area contributed by atoms with Crippen molar-refractivity contribution in [1.82, 2.24) is 10.6 Å². The molecule has 0 fully saturated rings. The number of carbonyl (C=O) groups excluding carboxylic acids is 2. The second-order valence-electron chi connectivity index (χ2n) is 14.3. The highest BCUT2D eigenvalue weighted by Crippen LogP contribution is 2.55. The number of esters is 1. The van der Waals surface area contributed by atoms with Crippen LogP contribution in [-0.4, -0.2) is 126 Å². The van der Waals surface area contributed by atoms with Gasteiger partial charge in [0.1, 0.15) is 35.5 Å². The predicted octanol–water partition coefficient (Wildman–Crippen LogP) is 5.13. The van der Waals surface area contributed by atoms with Gasteiger partial charge >= 0.3 is 5.97 Å². The topological polar surface area (TPSA) is 203 Å². The van der Waals surface area contributed by atoms with Gasteiger partial charge in [-0.3, -0.25) is 9.59 Å². The number of nitrogens with one attached hydrogen (secondary N) is 3. The zero-order chi connectivity index (χ0) is 45.0. The fourth-order valence-electron chi connectivity index (χ4n) is 6.86. The van der Waals surface area contributed by atoms with Crippen LogP contribution in [0.5, 0.6) is 28.7 Å². The maximum atomic E-state index is 12.0. The third kappa shape index (κ3) is 13.8. The SMILES string of the molecule is CCNC(=O)c1ccc(OC(=O)CCOCCOCCOCCOCCOCCOCCNC(=S)Nc2ccc3c(c2)COCOC32c3ccc(O)cc3Oc3cc(O)ccc32)cc1. The van der Waals surface area contributed by atoms with Crippen molar-refractivity contribution in [3.8, 4) is 28.7 Å². The molecule has 2 aliphatic rings. The lowest BCUT2D eigenvalue weighted by Crippen LogP contribution is -2.36. The average Bonchev–Trinajstić information content (AvgIpc) is 3.46. The number of phenolic OH excluding ortho intramolecular Hbond substituents is 2. The van der Waals surface area contributed by atoms with E-state index in [2.05, 4.69) is 16.0 Å². The Bertz CT molecular complexity index is 2090. The Morgan fingerprint density at radius 3 is 1.80 bits per heavy atom. The molecule has 0 radical (unpaired) electrons. The van der Waals surface area contributed by atoms with E-state index < -0.39 is 11.6 Å². The summed E-state index contributed by atoms with van der Waals surface area (Å²) >= 11 is 5.54. The van der Waals surface area contributed by atoms with Crippen molar-refractivity contribution >= 4 is 34.9 Å². The number of rotatable bonds is 25. The lowest BCUT2D eigenvalue weighted by molar-refractivity contribution is -0.135. The largest absolute Gasteiger partial charge is 0.508 e. The molecular weight excluding hydrogens is 851 g/mol. The first kappa shape index (κ1) is 48.1. The molecule has 4 aromatic rings. The van der Waals surface area contributed by atoms with E-state index >= 15 is 0 Å². The standard InChI is InChI=1S/C46H55N3O14S/c1-2-47-44(53)32-3-8-37(9-4-32)62-43(52)13-15-54-17-19-56-21-23-58-25-26-59-24-22-57-20-18-55-16-14-48-45(64)49-34-5-10-38-33(27-34)30-60-31-61-46(38)39-11-6-35(50)28-41(39)63-42-29-36(51)7-12-40(42)46/h3-12,27-29,50-51H,2,13-26,30-31H2,1H3,(H,47,53)(H2,48,49,64). The number of hydrogen-bond donors (Lipinski definition) is 5. The first-order chi connectivity index (χ1) is 31.3. The van der Waals surface area contributed by atoms with Crippen LogP contribution in [0.3, 0.4) is 0 Å². The lowest BCUT2D eigenvalue weighted by Gasteiger charge is -2.40. The number of anilines is 1. The molecule has 0 aromatic heterocycles. The van der Waals surface area contributed by atoms with Crippen molar-refractivity contribution in [2.45, 2.75) is 25.6 Å². The van der Waals surface area contributed by atoms with Crippen molar-refractivity contribution in [1.29, 1.82) is 0 Å². The molecule has 344 valence electrons. The number of thiocarbonyl (C=S) groups is 1. The van der Waals surface area contributed by atoms with Crippen molar-refractivity contribution in [3.05, 3.63) is 107 Å². The van der Waals surface area contributed by atoms with E-state index in [4.69, 9.17) is 59.6 Å². The van der Waals surface area contributed by atoms with Gasteiger partial charge in [-0.05, 0) is 90.9 Å². The third-order valence-corrected chi connectivity index (χ3v) is 10.0. The molecule has 1 spiro atoms. The van der Waals surface area contributed by atoms with Gasteiger partial charge < -0.3 is 73.5 Å². The van der Waals surface area contributed by atoms with Crippen LogP contribution in [0.4, 0.5) is 5.69 Å². The van der Waals surface area contributed by atoms with Crippen LogP contribution in [0.2, 0.25) is 0 Å². The molecule has 0 unspecified atom stereocenters. The van der Waals surface area contributed by atoms with E-state index in [0.29, 0.717) is 125 Å². The number of phenols is 2. The Kier molecular flexibility index (Phi) is 18.9. The van der Waals surface area contributed by atoms with Crippen molar-refractivity contribution in [2.24, 2.45) is 0 Å². The minimum absolute atomic E-state index is 0.00137. The normalized spacial score (nSPS) is 13.5. The molecule has 0 aliphatic carbocycles. The molecule has 0 saturated carbocycles. The number of amides is 1. The van der Waals surface area contributed by atoms with Crippen molar-refractivity contribution < 1.29 is 67.2 Å². The molecule has 2 aliphatic heterocycles. The highest BCUT2D eigenvalue weighted by atomic mass is 32.1. The van der Waals surface area contributed by atoms with E-state index in [-0.39, 0.29) is 43.8 Å². The second kappa shape index (κ2) is 25.2. The fourth-order valence-corrected chi connectivity index (χ4v) is 7.08. The Labute approximate surface area is 377 Å². The Morgan fingerprint density at radius 2 is 1.22 bits per heavy atom. The molecule has 6 rings (SSSR count). The maximum absolute atomic E-state index is 12.0. The van der Waals surface area contributed by atoms with Crippen LogP contribution in [0.25, 0.3) is 0 Å². The summed E-state index contributed by atoms with van der Waals surface area (Å²) in [6.07, 6.45) is 0.0941. The molecule has 17 nitrogen and oxygen atoms in total. The van der Waals surface area contributed by atoms with E-state index in [1.807, 2.05) is 25.1 Å². The van der Waals surface area contributed by atoms with Gasteiger partial charge in [0.05, 0.1) is 92.3 Å². The quantitative estimate of drug-likeness (QED) is 0.0253. The van der Waals surface area contributed by atoms with Crippen LogP contribution in [-0.2, 0) is 54.9 Å². The van der Waals surface area contributed by atoms with Crippen LogP contribution >= 0.6 is 12.2 Å². The van der Waals surface area contributed by atoms with Gasteiger partial charge in [-0.2, -0.15) is 0 Å². The fraction of sp³-hybridized carbons (Fsp3) is 0.413. The molecule has 5 N–H and O–H groups in total. The minimum atomic E-state index is -1.12. The smallest absolute Gasteiger partial charge is 0.313 e. The van der Waals surface area contributed by atoms with Gasteiger partial charge in [-0.15, -0.1) is 0 Å². The molecule has 0 bridgehead atoms. The monoisotopic (exact) mass is 905 g/mol. The average molecular weight is 906 g/mol. The molecule has 18 heteroatoms. The summed E-state index contributed by atoms with van der Waals surface area (Å²) in [6, 6.07) is 22.0. The number of aromatic hydroxyl groups is 2. The lowest BCUT2D eigenvalue weighted by atomic mass is 9.76. The molecule has 1 amide bonds. The molecular formula is C46H55N3O14S. The highest BCUT2D eigenvalue weighted by molar-refractivity contribution is 7.80. The van der Waals surface area contributed by atoms with Gasteiger partial charge in [0.25, 0.3) is 5.91 Å². The Hall–Kier alpha value is -5.41. The summed E-state index contributed by atoms with van der Waals surface area (Å²) in [5, 5.41) is 30.0. The van der Waals surface area contributed by atoms with E-state index in [9.17, 15) is 19.8 Å². The van der Waals surface area contributed by atoms with Crippen LogP contribution in [0, 0.1) is 0 Å². The van der Waals surface area contributed by atoms with Gasteiger partial charge in [0.15, 0.2) is 10.7 Å². The third-order valence-electron chi connectivity index (χ3n) is 9.80. The summed E-state index contributed by atoms with van der Waals surface area (Å²) < 4.78 is 57.0. The van der Waals surface area contributed by atoms with Crippen LogP contribution < -0.4 is 25.4 Å². The number of ether oxygens (including phenoxy) is 10. The molecule has 2 heterocycles. The predicted molar refractivity (Wildman–Crippen MR) is 237 cm³/mol. The van der Waals surface area contributed by atoms with E-state index in [0.717, 1.165) is 16.8 Å². The number of hydrogen-bond acceptors (Lipinski definition) is 15. The van der Waals surface area contributed by atoms with E-state index in [1.165, 1.54) is 12.1 Å². The molecule has 64 heavy (non-hydrogen) atoms. The summed E-state index contributed by atoms with van der Waals surface area (Å²) in [4.78, 5) is 23.8. The Balaban J connectivity index is 0.749. The first-order valence-electron chi connectivity index (χ1n) is 21.1. The second-order valence-corrected chi connectivity index (χ2v) is 14.7. The zero-order valence-electron chi connectivity index (χ0n) is 35.7. The Morgan fingerprint density at radius 1 is 0.672 bits per heavy atom. The summed E-state index contributed by atoms with van der Waals surface area (Å²) in [6.45, 7) is 7.90. The van der Waals surface area contributed by atoms with Gasteiger partial charge in [0, 0.05) is 47.6 Å². The number of fused-ring (bicyclic) bond motifs is 6. The van der Waals surface area contributed by atoms with E-state index in [1.54, 1.807) is 48.5 Å². The van der Waals surface area contributed by atoms with Crippen molar-refractivity contribution in [3.63, 3.8) is 0 Å². The number of benzene rings is 4. The van der Waals surface area contributed by atoms with Crippen molar-refractivity contribution in [2.75, 3.05) is 104 Å². The summed E-state index contributed by atoms with van der Waals surface area (Å²) in [5.41, 5.74) is 3.24. The van der Waals surface area contributed by atoms with Crippen LogP contribution in [0.15, 0.2) is 78.9 Å². The maximum Gasteiger partial charge on any atom is 0.313 e. The van der Waals surface area contributed by atoms with Gasteiger partial charge in [-0.25, -0.2) is 0 Å². The zero-order valence-corrected chi connectivity index (χ0v) is 36.5. The molecule has 4 aromatic carbocycles. The minimum Gasteiger partial charge on any atom is -0.508 e. The van der Waals surface area contributed by atoms with Gasteiger partial charge in [0.2, 0.25) is 0 Å². The first-order valence-corrected chi connectivity index (χ1v) is 21.5. The molecule has 0 saturated heterocycles. The number of carbonyl (C=O) groups is 2. The van der Waals surface area contributed by atoms with Gasteiger partial charge in [-0.1, -0.05) is 6.07 Å². The highest BCUT2D eigenvalue weighted by Gasteiger charge is 2.47. The summed E-state index contributed by atoms with van der Waals surface area (Å²) in [5.74, 6) is 0.678. The van der Waals surface area contributed by atoms with Crippen LogP contribution in [0.1, 0.15) is 46.0 Å². The molecule has 0 atom stereocenters.